The minimum absolute atomic E-state index is 0.153. The Kier molecular flexibility index (Phi) is 2.99. The molecular weight excluding hydrogens is 307 g/mol. The van der Waals surface area contributed by atoms with Crippen LogP contribution in [0, 0.1) is 9.49 Å². The first-order valence-corrected chi connectivity index (χ1v) is 6.13. The first kappa shape index (κ1) is 10.9. The molecule has 5 heteroatoms. The van der Waals surface area contributed by atoms with Crippen LogP contribution in [-0.4, -0.2) is 9.13 Å². The molecule has 1 saturated carbocycles. The Labute approximate surface area is 101 Å². The van der Waals surface area contributed by atoms with Crippen molar-refractivity contribution in [3.8, 4) is 0 Å². The van der Waals surface area contributed by atoms with E-state index in [1.54, 1.807) is 13.2 Å². The van der Waals surface area contributed by atoms with Crippen LogP contribution in [0.4, 0.5) is 0 Å². The number of halogens is 1. The predicted octanol–water partition coefficient (Wildman–Crippen LogP) is 0.952. The van der Waals surface area contributed by atoms with Crippen LogP contribution in [-0.2, 0) is 13.6 Å². The van der Waals surface area contributed by atoms with E-state index in [-0.39, 0.29) is 11.2 Å². The third kappa shape index (κ3) is 2.32. The van der Waals surface area contributed by atoms with Crippen molar-refractivity contribution < 1.29 is 0 Å². The molecule has 1 aliphatic carbocycles. The molecule has 0 amide bonds. The number of hydrogen-bond acceptors (Lipinski definition) is 2. The molecule has 0 atom stereocenters. The van der Waals surface area contributed by atoms with Crippen molar-refractivity contribution in [3.63, 3.8) is 0 Å². The van der Waals surface area contributed by atoms with E-state index in [1.165, 1.54) is 22.0 Å². The fraction of sp³-hybridized carbons (Fsp3) is 0.600. The first-order valence-electron chi connectivity index (χ1n) is 5.05. The summed E-state index contributed by atoms with van der Waals surface area (Å²) < 4.78 is 3.42. The van der Waals surface area contributed by atoms with Gasteiger partial charge in [-0.15, -0.1) is 0 Å². The maximum Gasteiger partial charge on any atom is 0.330 e. The van der Waals surface area contributed by atoms with E-state index in [2.05, 4.69) is 0 Å². The van der Waals surface area contributed by atoms with E-state index in [0.29, 0.717) is 10.1 Å². The average molecular weight is 320 g/mol. The summed E-state index contributed by atoms with van der Waals surface area (Å²) >= 11 is 1.97. The van der Waals surface area contributed by atoms with Crippen LogP contribution < -0.4 is 11.2 Å². The van der Waals surface area contributed by atoms with Gasteiger partial charge in [0, 0.05) is 19.8 Å². The number of aromatic nitrogens is 2. The maximum atomic E-state index is 11.7. The summed E-state index contributed by atoms with van der Waals surface area (Å²) in [6.07, 6.45) is 5.03. The molecule has 1 fully saturated rings. The zero-order valence-electron chi connectivity index (χ0n) is 8.57. The lowest BCUT2D eigenvalue weighted by Crippen LogP contribution is -2.40. The highest BCUT2D eigenvalue weighted by Gasteiger charge is 2.21. The number of nitrogens with zero attached hydrogens (tertiary/aromatic N) is 2. The summed E-state index contributed by atoms with van der Waals surface area (Å²) in [5, 5.41) is 0. The molecule has 82 valence electrons. The molecule has 2 rings (SSSR count). The quantitative estimate of drug-likeness (QED) is 0.779. The van der Waals surface area contributed by atoms with Gasteiger partial charge in [-0.3, -0.25) is 9.36 Å². The Morgan fingerprint density at radius 2 is 2.13 bits per heavy atom. The molecular formula is C10H13IN2O2. The van der Waals surface area contributed by atoms with Crippen LogP contribution in [0.15, 0.2) is 15.8 Å². The van der Waals surface area contributed by atoms with Gasteiger partial charge in [0.05, 0.1) is 3.57 Å². The Morgan fingerprint density at radius 1 is 1.47 bits per heavy atom. The van der Waals surface area contributed by atoms with Crippen molar-refractivity contribution in [3.05, 3.63) is 30.6 Å². The van der Waals surface area contributed by atoms with Gasteiger partial charge in [-0.05, 0) is 34.9 Å². The second kappa shape index (κ2) is 4.11. The van der Waals surface area contributed by atoms with E-state index in [9.17, 15) is 9.59 Å². The number of rotatable bonds is 3. The van der Waals surface area contributed by atoms with E-state index in [1.807, 2.05) is 22.6 Å². The van der Waals surface area contributed by atoms with Crippen molar-refractivity contribution in [2.75, 3.05) is 0 Å². The molecule has 15 heavy (non-hydrogen) atoms. The van der Waals surface area contributed by atoms with Crippen molar-refractivity contribution in [1.29, 1.82) is 0 Å². The molecule has 0 aromatic carbocycles. The van der Waals surface area contributed by atoms with Gasteiger partial charge in [0.2, 0.25) is 0 Å². The summed E-state index contributed by atoms with van der Waals surface area (Å²) in [4.78, 5) is 23.4. The fourth-order valence-corrected chi connectivity index (χ4v) is 2.31. The Bertz CT molecular complexity index is 451. The highest BCUT2D eigenvalue weighted by molar-refractivity contribution is 14.1. The van der Waals surface area contributed by atoms with Gasteiger partial charge < -0.3 is 4.57 Å². The monoisotopic (exact) mass is 320 g/mol. The highest BCUT2D eigenvalue weighted by atomic mass is 127. The van der Waals surface area contributed by atoms with Crippen molar-refractivity contribution in [2.45, 2.75) is 25.8 Å². The third-order valence-corrected chi connectivity index (χ3v) is 3.49. The van der Waals surface area contributed by atoms with Crippen molar-refractivity contribution >= 4 is 22.6 Å². The minimum Gasteiger partial charge on any atom is -0.302 e. The van der Waals surface area contributed by atoms with Gasteiger partial charge in [-0.25, -0.2) is 4.79 Å². The van der Waals surface area contributed by atoms with E-state index >= 15 is 0 Å². The van der Waals surface area contributed by atoms with Gasteiger partial charge >= 0.3 is 5.69 Å². The summed E-state index contributed by atoms with van der Waals surface area (Å²) in [7, 11) is 1.68. The molecule has 0 spiro atoms. The third-order valence-electron chi connectivity index (χ3n) is 2.75. The van der Waals surface area contributed by atoms with Gasteiger partial charge in [0.1, 0.15) is 0 Å². The minimum atomic E-state index is -0.207. The Hall–Kier alpha value is -0.590. The summed E-state index contributed by atoms with van der Waals surface area (Å²) in [6, 6.07) is 0. The van der Waals surface area contributed by atoms with E-state index in [4.69, 9.17) is 0 Å². The average Bonchev–Trinajstić information content (AvgIpc) is 2.99. The molecule has 0 bridgehead atoms. The van der Waals surface area contributed by atoms with Crippen molar-refractivity contribution in [1.82, 2.24) is 9.13 Å². The van der Waals surface area contributed by atoms with Crippen LogP contribution >= 0.6 is 22.6 Å². The molecule has 4 nitrogen and oxygen atoms in total. The molecule has 0 radical (unpaired) electrons. The molecule has 1 aromatic rings. The van der Waals surface area contributed by atoms with Gasteiger partial charge in [0.15, 0.2) is 0 Å². The largest absolute Gasteiger partial charge is 0.330 e. The normalized spacial score (nSPS) is 15.6. The van der Waals surface area contributed by atoms with Gasteiger partial charge in [0.25, 0.3) is 5.56 Å². The summed E-state index contributed by atoms with van der Waals surface area (Å²) in [5.74, 6) is 0.736. The molecule has 0 N–H and O–H groups in total. The van der Waals surface area contributed by atoms with Crippen LogP contribution in [0.3, 0.4) is 0 Å². The fourth-order valence-electron chi connectivity index (χ4n) is 1.60. The van der Waals surface area contributed by atoms with Crippen LogP contribution in [0.2, 0.25) is 0 Å². The number of hydrogen-bond donors (Lipinski definition) is 0. The number of aryl methyl sites for hydroxylation is 1. The lowest BCUT2D eigenvalue weighted by atomic mass is 10.3. The Morgan fingerprint density at radius 3 is 2.73 bits per heavy atom. The zero-order valence-corrected chi connectivity index (χ0v) is 10.7. The zero-order chi connectivity index (χ0) is 11.0. The first-order chi connectivity index (χ1) is 7.09. The molecule has 0 unspecified atom stereocenters. The molecule has 0 saturated heterocycles. The molecule has 1 aromatic heterocycles. The topological polar surface area (TPSA) is 44.0 Å². The predicted molar refractivity (Wildman–Crippen MR) is 66.0 cm³/mol. The van der Waals surface area contributed by atoms with Crippen LogP contribution in [0.1, 0.15) is 19.3 Å². The summed E-state index contributed by atoms with van der Waals surface area (Å²) in [6.45, 7) is 0.563. The maximum absolute atomic E-state index is 11.7. The molecule has 1 heterocycles. The van der Waals surface area contributed by atoms with Gasteiger partial charge in [-0.2, -0.15) is 0 Å². The lowest BCUT2D eigenvalue weighted by Gasteiger charge is -2.06. The van der Waals surface area contributed by atoms with E-state index in [0.717, 1.165) is 12.3 Å². The summed E-state index contributed by atoms with van der Waals surface area (Å²) in [5.41, 5.74) is -0.361. The second-order valence-corrected chi connectivity index (χ2v) is 5.22. The Balaban J connectivity index is 2.34. The highest BCUT2D eigenvalue weighted by Crippen LogP contribution is 2.32. The second-order valence-electron chi connectivity index (χ2n) is 4.06. The standard InChI is InChI=1S/C10H13IN2O2/c1-12-6-8(11)9(14)13(10(12)15)5-4-7-2-3-7/h6-7H,2-5H2,1H3. The van der Waals surface area contributed by atoms with Crippen molar-refractivity contribution in [2.24, 2.45) is 13.0 Å². The van der Waals surface area contributed by atoms with E-state index < -0.39 is 0 Å². The smallest absolute Gasteiger partial charge is 0.302 e. The van der Waals surface area contributed by atoms with Crippen LogP contribution in [0.25, 0.3) is 0 Å². The molecule has 1 aliphatic rings. The van der Waals surface area contributed by atoms with Gasteiger partial charge in [-0.1, -0.05) is 12.8 Å². The SMILES string of the molecule is Cn1cc(I)c(=O)n(CCC2CC2)c1=O. The lowest BCUT2D eigenvalue weighted by molar-refractivity contribution is 0.534. The molecule has 0 aliphatic heterocycles. The van der Waals surface area contributed by atoms with Crippen LogP contribution in [0.5, 0.6) is 0 Å².